The number of hydrogen-bond acceptors (Lipinski definition) is 4. The van der Waals surface area contributed by atoms with Gasteiger partial charge in [0, 0.05) is 12.1 Å². The van der Waals surface area contributed by atoms with Crippen molar-refractivity contribution in [1.82, 2.24) is 4.31 Å². The molecule has 0 saturated carbocycles. The van der Waals surface area contributed by atoms with Gasteiger partial charge >= 0.3 is 0 Å². The van der Waals surface area contributed by atoms with E-state index in [1.807, 2.05) is 0 Å². The van der Waals surface area contributed by atoms with E-state index in [2.05, 4.69) is 5.32 Å². The predicted molar refractivity (Wildman–Crippen MR) is 92.8 cm³/mol. The Morgan fingerprint density at radius 1 is 1.28 bits per heavy atom. The number of nitrogens with zero attached hydrogens (tertiary/aromatic N) is 1. The third-order valence-electron chi connectivity index (χ3n) is 3.33. The van der Waals surface area contributed by atoms with E-state index in [1.54, 1.807) is 12.1 Å². The second-order valence-electron chi connectivity index (χ2n) is 5.08. The van der Waals surface area contributed by atoms with Gasteiger partial charge in [0.25, 0.3) is 0 Å². The molecular formula is C16H16ClFN2O4S. The summed E-state index contributed by atoms with van der Waals surface area (Å²) >= 11 is 5.88. The van der Waals surface area contributed by atoms with Crippen LogP contribution in [-0.4, -0.2) is 39.3 Å². The normalized spacial score (nSPS) is 11.4. The van der Waals surface area contributed by atoms with E-state index in [1.165, 1.54) is 32.4 Å². The maximum atomic E-state index is 13.7. The number of carbonyl (C=O) groups is 1. The van der Waals surface area contributed by atoms with Crippen LogP contribution in [0.15, 0.2) is 47.4 Å². The summed E-state index contributed by atoms with van der Waals surface area (Å²) in [6, 6.07) is 9.59. The molecule has 0 unspecified atom stereocenters. The average molecular weight is 387 g/mol. The van der Waals surface area contributed by atoms with Gasteiger partial charge in [-0.05, 0) is 30.3 Å². The van der Waals surface area contributed by atoms with Crippen LogP contribution in [0.25, 0.3) is 0 Å². The highest BCUT2D eigenvalue weighted by Crippen LogP contribution is 2.27. The molecule has 1 amide bonds. The Morgan fingerprint density at radius 3 is 2.60 bits per heavy atom. The Bertz CT molecular complexity index is 889. The Hall–Kier alpha value is -2.16. The van der Waals surface area contributed by atoms with Crippen molar-refractivity contribution in [2.24, 2.45) is 0 Å². The van der Waals surface area contributed by atoms with Crippen molar-refractivity contribution in [3.05, 3.63) is 53.3 Å². The minimum Gasteiger partial charge on any atom is -0.495 e. The van der Waals surface area contributed by atoms with Crippen molar-refractivity contribution in [3.63, 3.8) is 0 Å². The van der Waals surface area contributed by atoms with E-state index in [9.17, 15) is 17.6 Å². The second kappa shape index (κ2) is 7.81. The topological polar surface area (TPSA) is 75.7 Å². The Kier molecular flexibility index (Phi) is 5.99. The van der Waals surface area contributed by atoms with Gasteiger partial charge in [-0.2, -0.15) is 4.31 Å². The monoisotopic (exact) mass is 386 g/mol. The summed E-state index contributed by atoms with van der Waals surface area (Å²) in [5.41, 5.74) is 0.302. The Labute approximate surface area is 150 Å². The number of ether oxygens (including phenoxy) is 1. The van der Waals surface area contributed by atoms with Crippen molar-refractivity contribution in [2.75, 3.05) is 26.0 Å². The number of amides is 1. The smallest absolute Gasteiger partial charge is 0.246 e. The number of halogens is 2. The molecule has 9 heteroatoms. The molecule has 2 rings (SSSR count). The fraction of sp³-hybridized carbons (Fsp3) is 0.188. The van der Waals surface area contributed by atoms with Crippen molar-refractivity contribution in [1.29, 1.82) is 0 Å². The van der Waals surface area contributed by atoms with Crippen LogP contribution in [0.5, 0.6) is 5.75 Å². The molecule has 2 aromatic carbocycles. The molecule has 1 N–H and O–H groups in total. The predicted octanol–water partition coefficient (Wildman–Crippen LogP) is 2.75. The lowest BCUT2D eigenvalue weighted by molar-refractivity contribution is -0.116. The molecule has 0 aliphatic carbocycles. The number of likely N-dealkylation sites (N-methyl/N-ethyl adjacent to an activating group) is 1. The van der Waals surface area contributed by atoms with Gasteiger partial charge in [-0.1, -0.05) is 23.7 Å². The van der Waals surface area contributed by atoms with Crippen LogP contribution < -0.4 is 10.1 Å². The molecular weight excluding hydrogens is 371 g/mol. The molecule has 2 aromatic rings. The highest BCUT2D eigenvalue weighted by atomic mass is 35.5. The molecule has 0 saturated heterocycles. The average Bonchev–Trinajstić information content (AvgIpc) is 2.55. The summed E-state index contributed by atoms with van der Waals surface area (Å²) in [5, 5.41) is 2.90. The summed E-state index contributed by atoms with van der Waals surface area (Å²) in [4.78, 5) is 11.7. The lowest BCUT2D eigenvalue weighted by Gasteiger charge is -2.18. The number of rotatable bonds is 6. The van der Waals surface area contributed by atoms with E-state index in [0.29, 0.717) is 16.5 Å². The zero-order valence-corrected chi connectivity index (χ0v) is 15.1. The number of nitrogens with one attached hydrogen (secondary N) is 1. The van der Waals surface area contributed by atoms with Gasteiger partial charge in [0.15, 0.2) is 0 Å². The molecule has 0 atom stereocenters. The van der Waals surface area contributed by atoms with E-state index >= 15 is 0 Å². The van der Waals surface area contributed by atoms with Crippen LogP contribution in [0, 0.1) is 5.82 Å². The van der Waals surface area contributed by atoms with Gasteiger partial charge in [-0.15, -0.1) is 0 Å². The lowest BCUT2D eigenvalue weighted by atomic mass is 10.3. The van der Waals surface area contributed by atoms with Crippen molar-refractivity contribution < 1.29 is 22.3 Å². The summed E-state index contributed by atoms with van der Waals surface area (Å²) in [5.74, 6) is -1.13. The highest BCUT2D eigenvalue weighted by Gasteiger charge is 2.26. The molecule has 0 aromatic heterocycles. The van der Waals surface area contributed by atoms with Crippen LogP contribution in [0.3, 0.4) is 0 Å². The van der Waals surface area contributed by atoms with Gasteiger partial charge in [0.2, 0.25) is 15.9 Å². The lowest BCUT2D eigenvalue weighted by Crippen LogP contribution is -2.35. The number of methoxy groups -OCH3 is 1. The van der Waals surface area contributed by atoms with Crippen molar-refractivity contribution in [2.45, 2.75) is 4.90 Å². The van der Waals surface area contributed by atoms with E-state index in [-0.39, 0.29) is 0 Å². The molecule has 0 aliphatic rings. The number of hydrogen-bond donors (Lipinski definition) is 1. The van der Waals surface area contributed by atoms with Gasteiger partial charge in [0.05, 0.1) is 19.3 Å². The van der Waals surface area contributed by atoms with Gasteiger partial charge in [-0.25, -0.2) is 12.8 Å². The third-order valence-corrected chi connectivity index (χ3v) is 5.40. The summed E-state index contributed by atoms with van der Waals surface area (Å²) in [6.45, 7) is -0.508. The maximum absolute atomic E-state index is 13.7. The molecule has 6 nitrogen and oxygen atoms in total. The molecule has 0 bridgehead atoms. The standard InChI is InChI=1S/C16H16ClFN2O4S/c1-20(25(22,23)15-6-4-3-5-12(15)18)10-16(21)19-13-9-11(17)7-8-14(13)24-2/h3-9H,10H2,1-2H3,(H,19,21). The molecule has 0 aliphatic heterocycles. The van der Waals surface area contributed by atoms with Crippen molar-refractivity contribution >= 4 is 33.2 Å². The first-order valence-electron chi connectivity index (χ1n) is 7.10. The molecule has 0 spiro atoms. The third kappa shape index (κ3) is 4.47. The van der Waals surface area contributed by atoms with Crippen LogP contribution >= 0.6 is 11.6 Å². The number of anilines is 1. The molecule has 0 fully saturated rings. The van der Waals surface area contributed by atoms with E-state index < -0.39 is 33.2 Å². The number of sulfonamides is 1. The summed E-state index contributed by atoms with van der Waals surface area (Å²) < 4.78 is 44.4. The van der Waals surface area contributed by atoms with Crippen LogP contribution in [0.2, 0.25) is 5.02 Å². The maximum Gasteiger partial charge on any atom is 0.246 e. The Balaban J connectivity index is 2.15. The quantitative estimate of drug-likeness (QED) is 0.828. The minimum absolute atomic E-state index is 0.302. The van der Waals surface area contributed by atoms with E-state index in [4.69, 9.17) is 16.3 Å². The first-order valence-corrected chi connectivity index (χ1v) is 8.91. The molecule has 134 valence electrons. The molecule has 25 heavy (non-hydrogen) atoms. The summed E-state index contributed by atoms with van der Waals surface area (Å²) in [7, 11) is -1.53. The van der Waals surface area contributed by atoms with Gasteiger partial charge in [0.1, 0.15) is 16.5 Å². The van der Waals surface area contributed by atoms with Crippen LogP contribution in [-0.2, 0) is 14.8 Å². The second-order valence-corrected chi connectivity index (χ2v) is 7.53. The first kappa shape index (κ1) is 19.2. The largest absolute Gasteiger partial charge is 0.495 e. The zero-order valence-electron chi connectivity index (χ0n) is 13.5. The van der Waals surface area contributed by atoms with Gasteiger partial charge in [-0.3, -0.25) is 4.79 Å². The fourth-order valence-corrected chi connectivity index (χ4v) is 3.44. The molecule has 0 radical (unpaired) electrons. The van der Waals surface area contributed by atoms with E-state index in [0.717, 1.165) is 16.4 Å². The number of carbonyl (C=O) groups excluding carboxylic acids is 1. The number of benzene rings is 2. The molecule has 0 heterocycles. The fourth-order valence-electron chi connectivity index (χ4n) is 2.08. The SMILES string of the molecule is COc1ccc(Cl)cc1NC(=O)CN(C)S(=O)(=O)c1ccccc1F. The van der Waals surface area contributed by atoms with Crippen LogP contribution in [0.1, 0.15) is 0 Å². The first-order chi connectivity index (χ1) is 11.8. The summed E-state index contributed by atoms with van der Waals surface area (Å²) in [6.07, 6.45) is 0. The Morgan fingerprint density at radius 2 is 1.96 bits per heavy atom. The van der Waals surface area contributed by atoms with Gasteiger partial charge < -0.3 is 10.1 Å². The van der Waals surface area contributed by atoms with Crippen LogP contribution in [0.4, 0.5) is 10.1 Å². The zero-order chi connectivity index (χ0) is 18.6. The van der Waals surface area contributed by atoms with Crippen molar-refractivity contribution in [3.8, 4) is 5.75 Å². The highest BCUT2D eigenvalue weighted by molar-refractivity contribution is 7.89. The minimum atomic E-state index is -4.14.